The van der Waals surface area contributed by atoms with Gasteiger partial charge in [0.25, 0.3) is 5.56 Å². The Labute approximate surface area is 212 Å². The molecule has 0 spiro atoms. The molecule has 3 aromatic carbocycles. The minimum absolute atomic E-state index is 0.211. The lowest BCUT2D eigenvalue weighted by atomic mass is 10.2. The molecule has 0 amide bonds. The first-order chi connectivity index (χ1) is 17.4. The molecule has 0 saturated heterocycles. The molecule has 0 N–H and O–H groups in total. The summed E-state index contributed by atoms with van der Waals surface area (Å²) in [6.07, 6.45) is 0.605. The minimum Gasteiger partial charge on any atom is -0.490 e. The first kappa shape index (κ1) is 24.9. The molecule has 0 bridgehead atoms. The van der Waals surface area contributed by atoms with Crippen molar-refractivity contribution in [1.82, 2.24) is 9.66 Å². The van der Waals surface area contributed by atoms with Gasteiger partial charge in [0.05, 0.1) is 35.9 Å². The van der Waals surface area contributed by atoms with Crippen molar-refractivity contribution in [2.45, 2.75) is 20.0 Å². The number of ether oxygens (including phenoxy) is 3. The fourth-order valence-electron chi connectivity index (χ4n) is 3.56. The molecule has 1 heterocycles. The summed E-state index contributed by atoms with van der Waals surface area (Å²) in [5, 5.41) is 5.12. The van der Waals surface area contributed by atoms with E-state index in [9.17, 15) is 9.59 Å². The van der Waals surface area contributed by atoms with Crippen LogP contribution >= 0.6 is 11.6 Å². The summed E-state index contributed by atoms with van der Waals surface area (Å²) < 4.78 is 17.4. The second kappa shape index (κ2) is 11.0. The van der Waals surface area contributed by atoms with Gasteiger partial charge in [0.15, 0.2) is 23.4 Å². The maximum Gasteiger partial charge on any atom is 0.346 e. The molecule has 0 fully saturated rings. The molecule has 1 atom stereocenters. The minimum atomic E-state index is -0.887. The molecule has 0 radical (unpaired) electrons. The van der Waals surface area contributed by atoms with Gasteiger partial charge in [-0.05, 0) is 43.7 Å². The van der Waals surface area contributed by atoms with Crippen LogP contribution in [-0.4, -0.2) is 41.7 Å². The van der Waals surface area contributed by atoms with Crippen LogP contribution in [0.2, 0.25) is 5.02 Å². The van der Waals surface area contributed by atoms with E-state index in [1.807, 2.05) is 43.3 Å². The van der Waals surface area contributed by atoms with E-state index in [1.54, 1.807) is 37.3 Å². The number of rotatable bonds is 8. The molecule has 0 unspecified atom stereocenters. The Morgan fingerprint density at radius 1 is 1.14 bits per heavy atom. The Morgan fingerprint density at radius 2 is 1.86 bits per heavy atom. The van der Waals surface area contributed by atoms with E-state index in [2.05, 4.69) is 10.1 Å². The number of carbonyl (C=O) groups excluding carboxylic acids is 1. The summed E-state index contributed by atoms with van der Waals surface area (Å²) in [5.41, 5.74) is 1.57. The molecule has 184 valence electrons. The van der Waals surface area contributed by atoms with Crippen molar-refractivity contribution in [2.24, 2.45) is 5.10 Å². The standard InChI is InChI=1S/C27H24ClN3O5/c1-4-35-23-15-18(14-21(28)24(23)36-17(2)27(33)34-3)16-29-31-25(19-10-6-5-7-11-19)30-22-13-9-8-12-20(22)26(31)32/h5-17H,4H2,1-3H3/t17-/m0/s1. The molecule has 4 rings (SSSR count). The van der Waals surface area contributed by atoms with Gasteiger partial charge in [-0.2, -0.15) is 9.78 Å². The van der Waals surface area contributed by atoms with Crippen LogP contribution in [0.1, 0.15) is 19.4 Å². The van der Waals surface area contributed by atoms with Gasteiger partial charge in [-0.3, -0.25) is 4.79 Å². The Balaban J connectivity index is 1.79. The van der Waals surface area contributed by atoms with E-state index in [1.165, 1.54) is 18.0 Å². The summed E-state index contributed by atoms with van der Waals surface area (Å²) in [4.78, 5) is 29.8. The van der Waals surface area contributed by atoms with Crippen LogP contribution < -0.4 is 15.0 Å². The third-order valence-electron chi connectivity index (χ3n) is 5.27. The van der Waals surface area contributed by atoms with Crippen molar-refractivity contribution in [2.75, 3.05) is 13.7 Å². The van der Waals surface area contributed by atoms with Gasteiger partial charge in [-0.1, -0.05) is 54.1 Å². The number of hydrogen-bond donors (Lipinski definition) is 0. The molecule has 4 aromatic rings. The molecule has 1 aromatic heterocycles. The zero-order chi connectivity index (χ0) is 25.7. The number of nitrogens with zero attached hydrogens (tertiary/aromatic N) is 3. The number of methoxy groups -OCH3 is 1. The normalized spacial score (nSPS) is 12.0. The molecule has 0 aliphatic heterocycles. The van der Waals surface area contributed by atoms with E-state index in [-0.39, 0.29) is 16.3 Å². The Hall–Kier alpha value is -4.17. The highest BCUT2D eigenvalue weighted by molar-refractivity contribution is 6.32. The number of carbonyl (C=O) groups is 1. The van der Waals surface area contributed by atoms with E-state index in [0.29, 0.717) is 34.6 Å². The summed E-state index contributed by atoms with van der Waals surface area (Å²) >= 11 is 6.48. The summed E-state index contributed by atoms with van der Waals surface area (Å²) in [6, 6.07) is 19.7. The van der Waals surface area contributed by atoms with Crippen LogP contribution in [0.15, 0.2) is 76.6 Å². The zero-order valence-corrected chi connectivity index (χ0v) is 20.7. The first-order valence-electron chi connectivity index (χ1n) is 11.2. The molecule has 0 saturated carbocycles. The Kier molecular flexibility index (Phi) is 7.65. The van der Waals surface area contributed by atoms with Gasteiger partial charge in [0, 0.05) is 5.56 Å². The number of aromatic nitrogens is 2. The summed E-state index contributed by atoms with van der Waals surface area (Å²) in [6.45, 7) is 3.71. The summed E-state index contributed by atoms with van der Waals surface area (Å²) in [7, 11) is 1.28. The average molecular weight is 506 g/mol. The maximum absolute atomic E-state index is 13.3. The van der Waals surface area contributed by atoms with Gasteiger partial charge in [0.2, 0.25) is 0 Å². The molecular weight excluding hydrogens is 482 g/mol. The molecule has 36 heavy (non-hydrogen) atoms. The van der Waals surface area contributed by atoms with Crippen molar-refractivity contribution >= 4 is 34.7 Å². The van der Waals surface area contributed by atoms with Crippen LogP contribution in [0.4, 0.5) is 0 Å². The number of esters is 1. The fraction of sp³-hybridized carbons (Fsp3) is 0.185. The third kappa shape index (κ3) is 5.23. The zero-order valence-electron chi connectivity index (χ0n) is 20.0. The monoisotopic (exact) mass is 505 g/mol. The number of halogens is 1. The van der Waals surface area contributed by atoms with Crippen LogP contribution in [-0.2, 0) is 9.53 Å². The second-order valence-electron chi connectivity index (χ2n) is 7.73. The fourth-order valence-corrected chi connectivity index (χ4v) is 3.82. The van der Waals surface area contributed by atoms with Gasteiger partial charge >= 0.3 is 5.97 Å². The van der Waals surface area contributed by atoms with E-state index in [4.69, 9.17) is 25.8 Å². The molecule has 0 aliphatic rings. The highest BCUT2D eigenvalue weighted by atomic mass is 35.5. The topological polar surface area (TPSA) is 92.0 Å². The lowest BCUT2D eigenvalue weighted by molar-refractivity contribution is -0.147. The first-order valence-corrected chi connectivity index (χ1v) is 11.6. The van der Waals surface area contributed by atoms with Crippen LogP contribution in [0.3, 0.4) is 0 Å². The second-order valence-corrected chi connectivity index (χ2v) is 8.13. The van der Waals surface area contributed by atoms with Gasteiger partial charge < -0.3 is 14.2 Å². The lowest BCUT2D eigenvalue weighted by Gasteiger charge is -2.17. The van der Waals surface area contributed by atoms with Crippen LogP contribution in [0.5, 0.6) is 11.5 Å². The van der Waals surface area contributed by atoms with Crippen molar-refractivity contribution in [3.63, 3.8) is 0 Å². The molecule has 9 heteroatoms. The number of para-hydroxylation sites is 1. The summed E-state index contributed by atoms with van der Waals surface area (Å²) in [5.74, 6) is 0.395. The van der Waals surface area contributed by atoms with Crippen molar-refractivity contribution in [3.05, 3.63) is 87.7 Å². The smallest absolute Gasteiger partial charge is 0.346 e. The van der Waals surface area contributed by atoms with Crippen molar-refractivity contribution < 1.29 is 19.0 Å². The predicted molar refractivity (Wildman–Crippen MR) is 139 cm³/mol. The van der Waals surface area contributed by atoms with Crippen LogP contribution in [0.25, 0.3) is 22.3 Å². The third-order valence-corrected chi connectivity index (χ3v) is 5.55. The van der Waals surface area contributed by atoms with Gasteiger partial charge in [-0.15, -0.1) is 0 Å². The lowest BCUT2D eigenvalue weighted by Crippen LogP contribution is -2.25. The van der Waals surface area contributed by atoms with E-state index < -0.39 is 12.1 Å². The average Bonchev–Trinajstić information content (AvgIpc) is 2.90. The van der Waals surface area contributed by atoms with Crippen molar-refractivity contribution in [3.8, 4) is 22.9 Å². The van der Waals surface area contributed by atoms with Gasteiger partial charge in [-0.25, -0.2) is 9.78 Å². The molecule has 0 aliphatic carbocycles. The van der Waals surface area contributed by atoms with E-state index >= 15 is 0 Å². The molecule has 8 nitrogen and oxygen atoms in total. The quantitative estimate of drug-likeness (QED) is 0.249. The highest BCUT2D eigenvalue weighted by Crippen LogP contribution is 2.37. The number of hydrogen-bond acceptors (Lipinski definition) is 7. The van der Waals surface area contributed by atoms with E-state index in [0.717, 1.165) is 5.56 Å². The molecular formula is C27H24ClN3O5. The Bertz CT molecular complexity index is 1480. The van der Waals surface area contributed by atoms with Crippen molar-refractivity contribution in [1.29, 1.82) is 0 Å². The number of benzene rings is 3. The van der Waals surface area contributed by atoms with Gasteiger partial charge in [0.1, 0.15) is 0 Å². The van der Waals surface area contributed by atoms with Crippen LogP contribution in [0, 0.1) is 0 Å². The maximum atomic E-state index is 13.3. The predicted octanol–water partition coefficient (Wildman–Crippen LogP) is 4.94. The Morgan fingerprint density at radius 3 is 2.58 bits per heavy atom. The number of fused-ring (bicyclic) bond motifs is 1. The largest absolute Gasteiger partial charge is 0.490 e. The highest BCUT2D eigenvalue weighted by Gasteiger charge is 2.20. The SMILES string of the molecule is CCOc1cc(C=Nn2c(-c3ccccc3)nc3ccccc3c2=O)cc(Cl)c1O[C@@H](C)C(=O)OC.